The molecule has 3 aliphatic rings. The number of amides is 1. The molecule has 0 bridgehead atoms. The average molecular weight is 418 g/mol. The number of nitriles is 1. The topological polar surface area (TPSA) is 99.2 Å². The van der Waals surface area contributed by atoms with Crippen molar-refractivity contribution in [3.63, 3.8) is 0 Å². The maximum atomic E-state index is 14.2. The van der Waals surface area contributed by atoms with Gasteiger partial charge in [0.2, 0.25) is 5.91 Å². The first-order chi connectivity index (χ1) is 14.9. The third-order valence-electron chi connectivity index (χ3n) is 6.05. The van der Waals surface area contributed by atoms with E-state index >= 15 is 0 Å². The van der Waals surface area contributed by atoms with Crippen LogP contribution in [0.2, 0.25) is 0 Å². The number of ketones is 1. The third-order valence-corrected chi connectivity index (χ3v) is 6.05. The van der Waals surface area contributed by atoms with Crippen LogP contribution in [0.4, 0.5) is 20.2 Å². The number of Topliss-reactive ketones (excluding diaryl/α,β-unsaturated/α-hetero) is 1. The number of nitrogens with two attached hydrogens (primary N) is 1. The number of rotatable bonds is 1. The zero-order valence-electron chi connectivity index (χ0n) is 16.2. The zero-order chi connectivity index (χ0) is 21.9. The molecule has 0 radical (unpaired) electrons. The maximum absolute atomic E-state index is 14.2. The number of nitrogens with one attached hydrogen (secondary N) is 1. The van der Waals surface area contributed by atoms with E-state index in [2.05, 4.69) is 5.32 Å². The van der Waals surface area contributed by atoms with Gasteiger partial charge < -0.3 is 11.1 Å². The Morgan fingerprint density at radius 3 is 2.61 bits per heavy atom. The van der Waals surface area contributed by atoms with Gasteiger partial charge in [0, 0.05) is 28.9 Å². The third kappa shape index (κ3) is 2.40. The molecule has 2 aliphatic heterocycles. The maximum Gasteiger partial charge on any atom is 0.245 e. The number of nitrogens with zero attached hydrogens (tertiary/aromatic N) is 2. The number of carbonyl (C=O) groups excluding carboxylic acids is 2. The molecule has 2 aromatic carbocycles. The lowest BCUT2D eigenvalue weighted by Crippen LogP contribution is -2.50. The minimum absolute atomic E-state index is 0.0891. The van der Waals surface area contributed by atoms with Gasteiger partial charge >= 0.3 is 0 Å². The summed E-state index contributed by atoms with van der Waals surface area (Å²) < 4.78 is 28.2. The van der Waals surface area contributed by atoms with Crippen LogP contribution in [0.15, 0.2) is 65.1 Å². The highest BCUT2D eigenvalue weighted by Gasteiger charge is 2.60. The highest BCUT2D eigenvalue weighted by atomic mass is 19.1. The fraction of sp³-hybridized carbons (Fsp3) is 0.174. The molecule has 1 amide bonds. The second-order valence-electron chi connectivity index (χ2n) is 7.68. The van der Waals surface area contributed by atoms with E-state index in [1.807, 2.05) is 6.07 Å². The van der Waals surface area contributed by atoms with Crippen molar-refractivity contribution < 1.29 is 18.4 Å². The molecule has 5 rings (SSSR count). The molecule has 3 N–H and O–H groups in total. The van der Waals surface area contributed by atoms with Crippen LogP contribution in [0.3, 0.4) is 0 Å². The largest absolute Gasteiger partial charge is 0.384 e. The van der Waals surface area contributed by atoms with Gasteiger partial charge in [0.25, 0.3) is 0 Å². The van der Waals surface area contributed by atoms with Gasteiger partial charge in [-0.15, -0.1) is 0 Å². The normalized spacial score (nSPS) is 22.4. The first-order valence-corrected chi connectivity index (χ1v) is 9.74. The molecule has 0 saturated carbocycles. The summed E-state index contributed by atoms with van der Waals surface area (Å²) in [6.07, 6.45) is 1.07. The van der Waals surface area contributed by atoms with Crippen molar-refractivity contribution in [1.82, 2.24) is 0 Å². The van der Waals surface area contributed by atoms with Gasteiger partial charge in [-0.3, -0.25) is 14.5 Å². The molecule has 1 atom stereocenters. The molecule has 0 aromatic heterocycles. The molecule has 1 aliphatic carbocycles. The van der Waals surface area contributed by atoms with E-state index < -0.39 is 23.0 Å². The first kappa shape index (κ1) is 19.0. The first-order valence-electron chi connectivity index (χ1n) is 9.74. The zero-order valence-corrected chi connectivity index (χ0v) is 16.2. The molecular formula is C23H16F2N4O2. The lowest BCUT2D eigenvalue weighted by molar-refractivity contribution is -0.122. The molecule has 0 saturated heterocycles. The van der Waals surface area contributed by atoms with Crippen LogP contribution in [0.1, 0.15) is 24.8 Å². The van der Waals surface area contributed by atoms with Crippen molar-refractivity contribution >= 4 is 23.1 Å². The monoisotopic (exact) mass is 418 g/mol. The number of fused-ring (bicyclic) bond motifs is 3. The summed E-state index contributed by atoms with van der Waals surface area (Å²) in [5, 5.41) is 12.8. The number of halogens is 2. The van der Waals surface area contributed by atoms with E-state index in [1.165, 1.54) is 35.2 Å². The lowest BCUT2D eigenvalue weighted by Gasteiger charge is -2.43. The van der Waals surface area contributed by atoms with Crippen LogP contribution >= 0.6 is 0 Å². The van der Waals surface area contributed by atoms with Crippen molar-refractivity contribution in [2.24, 2.45) is 5.73 Å². The number of allylic oxidation sites excluding steroid dienone is 1. The second kappa shape index (κ2) is 6.51. The summed E-state index contributed by atoms with van der Waals surface area (Å²) in [6.45, 7) is 0. The fourth-order valence-electron chi connectivity index (χ4n) is 4.87. The Kier molecular flexibility index (Phi) is 3.99. The SMILES string of the molecule is N#CC1=C(N)N(c2cccc(F)c2)C2=C(C(=O)CCC2)C12C(=O)Nc1ccc(F)cc12. The summed E-state index contributed by atoms with van der Waals surface area (Å²) in [7, 11) is 0. The summed E-state index contributed by atoms with van der Waals surface area (Å²) in [6, 6.07) is 11.3. The number of hydrogen-bond donors (Lipinski definition) is 2. The van der Waals surface area contributed by atoms with Crippen molar-refractivity contribution in [3.8, 4) is 6.07 Å². The molecule has 2 heterocycles. The Morgan fingerprint density at radius 2 is 1.87 bits per heavy atom. The Hall–Kier alpha value is -3.99. The van der Waals surface area contributed by atoms with Crippen molar-refractivity contribution in [3.05, 3.63) is 82.3 Å². The standard InChI is InChI=1S/C23H16F2N4O2/c24-12-3-1-4-14(9-12)29-18-5-2-6-19(30)20(18)23(16(11-26)21(29)27)15-10-13(25)7-8-17(15)28-22(23)31/h1,3-4,7-10H,2,5-6,27H2,(H,28,31). The van der Waals surface area contributed by atoms with Crippen LogP contribution < -0.4 is 16.0 Å². The van der Waals surface area contributed by atoms with Gasteiger partial charge in [-0.1, -0.05) is 6.07 Å². The van der Waals surface area contributed by atoms with E-state index in [0.717, 1.165) is 6.07 Å². The van der Waals surface area contributed by atoms with Gasteiger partial charge in [-0.2, -0.15) is 5.26 Å². The van der Waals surface area contributed by atoms with Gasteiger partial charge in [-0.05, 0) is 49.2 Å². The predicted octanol–water partition coefficient (Wildman–Crippen LogP) is 3.38. The summed E-state index contributed by atoms with van der Waals surface area (Å²) in [4.78, 5) is 28.1. The second-order valence-corrected chi connectivity index (χ2v) is 7.68. The Bertz CT molecular complexity index is 1290. The number of benzene rings is 2. The Balaban J connectivity index is 1.90. The van der Waals surface area contributed by atoms with Crippen molar-refractivity contribution in [2.45, 2.75) is 24.7 Å². The van der Waals surface area contributed by atoms with Crippen LogP contribution in [0.25, 0.3) is 0 Å². The van der Waals surface area contributed by atoms with Gasteiger partial charge in [0.15, 0.2) is 5.78 Å². The van der Waals surface area contributed by atoms with Crippen LogP contribution in [0, 0.1) is 23.0 Å². The number of anilines is 2. The minimum atomic E-state index is -1.84. The summed E-state index contributed by atoms with van der Waals surface area (Å²) in [5.41, 5.74) is 5.74. The molecule has 1 unspecified atom stereocenters. The van der Waals surface area contributed by atoms with Gasteiger partial charge in [-0.25, -0.2) is 8.78 Å². The Morgan fingerprint density at radius 1 is 1.10 bits per heavy atom. The van der Waals surface area contributed by atoms with Crippen LogP contribution in [-0.2, 0) is 15.0 Å². The molecule has 2 aromatic rings. The van der Waals surface area contributed by atoms with E-state index in [1.54, 1.807) is 6.07 Å². The molecule has 31 heavy (non-hydrogen) atoms. The average Bonchev–Trinajstić information content (AvgIpc) is 3.00. The Labute approximate surface area is 176 Å². The molecular weight excluding hydrogens is 402 g/mol. The highest BCUT2D eigenvalue weighted by Crippen LogP contribution is 2.55. The predicted molar refractivity (Wildman–Crippen MR) is 108 cm³/mol. The quantitative estimate of drug-likeness (QED) is 0.740. The van der Waals surface area contributed by atoms with Gasteiger partial charge in [0.05, 0.1) is 11.3 Å². The molecule has 1 spiro atoms. The van der Waals surface area contributed by atoms with Crippen molar-refractivity contribution in [1.29, 1.82) is 5.26 Å². The van der Waals surface area contributed by atoms with E-state index in [0.29, 0.717) is 29.9 Å². The molecule has 8 heteroatoms. The fourth-order valence-corrected chi connectivity index (χ4v) is 4.87. The van der Waals surface area contributed by atoms with Crippen LogP contribution in [-0.4, -0.2) is 11.7 Å². The van der Waals surface area contributed by atoms with Crippen LogP contribution in [0.5, 0.6) is 0 Å². The number of carbonyl (C=O) groups is 2. The lowest BCUT2D eigenvalue weighted by atomic mass is 9.64. The van der Waals surface area contributed by atoms with E-state index in [4.69, 9.17) is 5.73 Å². The van der Waals surface area contributed by atoms with Gasteiger partial charge in [0.1, 0.15) is 28.9 Å². The minimum Gasteiger partial charge on any atom is -0.384 e. The van der Waals surface area contributed by atoms with E-state index in [9.17, 15) is 23.6 Å². The summed E-state index contributed by atoms with van der Waals surface area (Å²) >= 11 is 0. The van der Waals surface area contributed by atoms with E-state index in [-0.39, 0.29) is 34.7 Å². The number of hydrogen-bond acceptors (Lipinski definition) is 5. The van der Waals surface area contributed by atoms with Crippen molar-refractivity contribution in [2.75, 3.05) is 10.2 Å². The highest BCUT2D eigenvalue weighted by molar-refractivity contribution is 6.19. The molecule has 154 valence electrons. The molecule has 6 nitrogen and oxygen atoms in total. The molecule has 0 fully saturated rings. The smallest absolute Gasteiger partial charge is 0.245 e. The summed E-state index contributed by atoms with van der Waals surface area (Å²) in [5.74, 6) is -2.17.